The van der Waals surface area contributed by atoms with Crippen molar-refractivity contribution in [2.45, 2.75) is 4.90 Å². The number of nitroso groups, excluding NO2 is 1. The number of aromatic nitrogens is 2. The summed E-state index contributed by atoms with van der Waals surface area (Å²) in [5.41, 5.74) is 4.60. The van der Waals surface area contributed by atoms with Gasteiger partial charge in [0.1, 0.15) is 0 Å². The third kappa shape index (κ3) is 6.41. The molecule has 0 saturated carbocycles. The molecule has 2 aromatic heterocycles. The summed E-state index contributed by atoms with van der Waals surface area (Å²) in [6, 6.07) is 34.3. The number of hydrogen-bond donors (Lipinski definition) is 1. The molecule has 0 saturated heterocycles. The molecule has 7 nitrogen and oxygen atoms in total. The monoisotopic (exact) mass is 625 g/mol. The fourth-order valence-electron chi connectivity index (χ4n) is 3.81. The summed E-state index contributed by atoms with van der Waals surface area (Å²) in [6.07, 6.45) is 5.23. The summed E-state index contributed by atoms with van der Waals surface area (Å²) in [5, 5.41) is 2.79. The van der Waals surface area contributed by atoms with Gasteiger partial charge in [-0.15, -0.1) is 0 Å². The van der Waals surface area contributed by atoms with Gasteiger partial charge in [0.05, 0.1) is 0 Å². The molecule has 0 aliphatic heterocycles. The van der Waals surface area contributed by atoms with Crippen molar-refractivity contribution in [2.24, 2.45) is 0 Å². The van der Waals surface area contributed by atoms with E-state index in [0.717, 1.165) is 25.7 Å². The van der Waals surface area contributed by atoms with Gasteiger partial charge in [-0.05, 0) is 18.2 Å². The van der Waals surface area contributed by atoms with E-state index >= 15 is 0 Å². The fraction of sp³-hybridized carbons (Fsp3) is 0. The van der Waals surface area contributed by atoms with Crippen molar-refractivity contribution >= 4 is 44.7 Å². The molecule has 9 heteroatoms. The van der Waals surface area contributed by atoms with Gasteiger partial charge in [-0.2, -0.15) is 0 Å². The summed E-state index contributed by atoms with van der Waals surface area (Å²) >= 11 is -0.617. The van der Waals surface area contributed by atoms with Gasteiger partial charge in [0.15, 0.2) is 0 Å². The Labute approximate surface area is 233 Å². The minimum absolute atomic E-state index is 0.192. The van der Waals surface area contributed by atoms with E-state index < -0.39 is 24.4 Å². The van der Waals surface area contributed by atoms with Crippen LogP contribution in [-0.2, 0) is 24.4 Å². The Morgan fingerprint density at radius 3 is 2.05 bits per heavy atom. The number of anilines is 1. The second kappa shape index (κ2) is 12.1. The van der Waals surface area contributed by atoms with Gasteiger partial charge in [-0.1, -0.05) is 6.07 Å². The number of rotatable bonds is 6. The molecule has 1 N–H and O–H groups in total. The average molecular weight is 626 g/mol. The van der Waals surface area contributed by atoms with Crippen LogP contribution in [0, 0.1) is 4.91 Å². The molecule has 0 amide bonds. The zero-order valence-corrected chi connectivity index (χ0v) is 22.9. The zero-order valence-electron chi connectivity index (χ0n) is 20.5. The summed E-state index contributed by atoms with van der Waals surface area (Å²) in [7, 11) is -3.47. The molecule has 0 radical (unpaired) electrons. The van der Waals surface area contributed by atoms with Crippen molar-refractivity contribution in [3.63, 3.8) is 0 Å². The minimum atomic E-state index is -3.47. The first kappa shape index (κ1) is 26.3. The predicted molar refractivity (Wildman–Crippen MR) is 150 cm³/mol. The normalized spacial score (nSPS) is 11.1. The van der Waals surface area contributed by atoms with E-state index in [2.05, 4.69) is 15.4 Å². The number of fused-ring (bicyclic) bond motifs is 3. The molecule has 0 atom stereocenters. The quantitative estimate of drug-likeness (QED) is 0.106. The Morgan fingerprint density at radius 1 is 0.667 bits per heavy atom. The van der Waals surface area contributed by atoms with Gasteiger partial charge in [-0.25, -0.2) is 0 Å². The second-order valence-electron chi connectivity index (χ2n) is 8.20. The molecule has 39 heavy (non-hydrogen) atoms. The minimum Gasteiger partial charge on any atom is -0.265 e. The van der Waals surface area contributed by atoms with Gasteiger partial charge in [-0.3, -0.25) is 4.98 Å². The third-order valence-corrected chi connectivity index (χ3v) is 10.7. The number of benzene rings is 4. The van der Waals surface area contributed by atoms with Crippen molar-refractivity contribution in [1.29, 1.82) is 0 Å². The maximum absolute atomic E-state index is 12.9. The largest absolute Gasteiger partial charge is 0.265 e. The Morgan fingerprint density at radius 2 is 1.36 bits per heavy atom. The van der Waals surface area contributed by atoms with Crippen LogP contribution in [0.5, 0.6) is 0 Å². The van der Waals surface area contributed by atoms with Crippen molar-refractivity contribution in [2.75, 3.05) is 5.43 Å². The Bertz CT molecular complexity index is 1810. The van der Waals surface area contributed by atoms with Gasteiger partial charge in [0, 0.05) is 12.4 Å². The smallest absolute Gasteiger partial charge is 0.0267 e. The van der Waals surface area contributed by atoms with Crippen molar-refractivity contribution < 1.29 is 30.0 Å². The average Bonchev–Trinajstić information content (AvgIpc) is 2.99. The van der Waals surface area contributed by atoms with Crippen LogP contribution in [0.25, 0.3) is 21.7 Å². The zero-order chi connectivity index (χ0) is 27.1. The summed E-state index contributed by atoms with van der Waals surface area (Å²) in [6.45, 7) is 0. The Kier molecular flexibility index (Phi) is 8.13. The van der Waals surface area contributed by atoms with Crippen LogP contribution in [0.15, 0.2) is 139 Å². The summed E-state index contributed by atoms with van der Waals surface area (Å²) < 4.78 is 26.3. The number of hydrazine groups is 1. The van der Waals surface area contributed by atoms with Gasteiger partial charge in [0.2, 0.25) is 0 Å². The molecular weight excluding hydrogens is 603 g/mol. The van der Waals surface area contributed by atoms with E-state index in [4.69, 9.17) is 0 Å². The van der Waals surface area contributed by atoms with Crippen LogP contribution < -0.4 is 9.46 Å². The maximum Gasteiger partial charge on any atom is 0.0267 e. The molecule has 196 valence electrons. The molecule has 0 spiro atoms. The van der Waals surface area contributed by atoms with Crippen LogP contribution >= 0.6 is 0 Å². The molecule has 6 rings (SSSR count). The molecule has 0 aliphatic carbocycles. The van der Waals surface area contributed by atoms with E-state index in [1.165, 1.54) is 24.3 Å². The Balaban J connectivity index is 0.000000455. The predicted octanol–water partition coefficient (Wildman–Crippen LogP) is 6.00. The second-order valence-corrected chi connectivity index (χ2v) is 14.0. The maximum atomic E-state index is 12.9. The van der Waals surface area contributed by atoms with E-state index in [9.17, 15) is 13.3 Å². The standard InChI is InChI=1S/C19H13N3O3S.C6H5.C5H5N.Pd/c23-22(15-8-10-16(11-9-15)26(24)25)21-17-5-1-3-13-6-7-14-4-2-12-20-19(14)18(13)17;2*1-2-4-6-5-3-1;/h1-12H,(H,21,23);2*1-5H;/q+1;;;. The first-order valence-corrected chi connectivity index (χ1v) is 15.9. The van der Waals surface area contributed by atoms with Crippen LogP contribution in [0.4, 0.5) is 11.4 Å². The van der Waals surface area contributed by atoms with Crippen molar-refractivity contribution in [3.8, 4) is 0 Å². The summed E-state index contributed by atoms with van der Waals surface area (Å²) in [5.74, 6) is 0. The third-order valence-electron chi connectivity index (χ3n) is 5.61. The SMILES string of the molecule is O=[N+](Nc1cccc2ccc3cccnc3c12)c1ccc([S](=O)(=O)[Pd][c]2ccccc2)cc1.c1ccncc1. The molecular formula is C30H23N4O3PdS+. The number of pyridine rings is 2. The van der Waals surface area contributed by atoms with E-state index in [-0.39, 0.29) is 4.90 Å². The molecule has 4 aromatic carbocycles. The van der Waals surface area contributed by atoms with Crippen LogP contribution in [0.3, 0.4) is 0 Å². The fourth-order valence-corrected chi connectivity index (χ4v) is 8.18. The number of nitrogens with zero attached hydrogens (tertiary/aromatic N) is 3. The molecule has 0 fully saturated rings. The van der Waals surface area contributed by atoms with Gasteiger partial charge in [0.25, 0.3) is 0 Å². The van der Waals surface area contributed by atoms with Crippen LogP contribution in [0.2, 0.25) is 0 Å². The van der Waals surface area contributed by atoms with Crippen molar-refractivity contribution in [1.82, 2.24) is 9.97 Å². The van der Waals surface area contributed by atoms with E-state index in [0.29, 0.717) is 16.2 Å². The molecule has 0 unspecified atom stereocenters. The molecule has 0 aliphatic rings. The topological polar surface area (TPSA) is 92.0 Å². The Hall–Kier alpha value is -4.29. The van der Waals surface area contributed by atoms with E-state index in [1.807, 2.05) is 78.9 Å². The first-order chi connectivity index (χ1) is 19.0. The number of hydrogen-bond acceptors (Lipinski definition) is 5. The summed E-state index contributed by atoms with van der Waals surface area (Å²) in [4.78, 5) is 22.0. The van der Waals surface area contributed by atoms with Gasteiger partial charge < -0.3 is 0 Å². The molecule has 2 heterocycles. The molecule has 6 aromatic rings. The first-order valence-electron chi connectivity index (χ1n) is 11.9. The van der Waals surface area contributed by atoms with Crippen LogP contribution in [-0.4, -0.2) is 23.3 Å². The van der Waals surface area contributed by atoms with Crippen LogP contribution in [0.1, 0.15) is 0 Å². The van der Waals surface area contributed by atoms with E-state index in [1.54, 1.807) is 30.7 Å². The number of nitrogens with one attached hydrogen (secondary N) is 1. The van der Waals surface area contributed by atoms with Gasteiger partial charge >= 0.3 is 192 Å². The van der Waals surface area contributed by atoms with Crippen molar-refractivity contribution in [3.05, 3.63) is 139 Å². The molecule has 0 bridgehead atoms.